The minimum absolute atomic E-state index is 1.03. The summed E-state index contributed by atoms with van der Waals surface area (Å²) in [5, 5.41) is 0. The first kappa shape index (κ1) is 8.41. The lowest BCUT2D eigenvalue weighted by atomic mass is 10.1. The normalized spacial score (nSPS) is 9.55. The summed E-state index contributed by atoms with van der Waals surface area (Å²) in [6.07, 6.45) is 2.11. The zero-order valence-electron chi connectivity index (χ0n) is 6.71. The Morgan fingerprint density at radius 3 is 2.45 bits per heavy atom. The van der Waals surface area contributed by atoms with E-state index in [9.17, 15) is 0 Å². The molecule has 0 amide bonds. The number of hydrogen-bond donors (Lipinski definition) is 0. The van der Waals surface area contributed by atoms with Gasteiger partial charge in [0.25, 0.3) is 0 Å². The van der Waals surface area contributed by atoms with Crippen molar-refractivity contribution in [2.24, 2.45) is 0 Å². The van der Waals surface area contributed by atoms with Crippen molar-refractivity contribution in [2.45, 2.75) is 19.8 Å². The first-order valence-corrected chi connectivity index (χ1v) is 4.23. The Balaban J connectivity index is 2.45. The van der Waals surface area contributed by atoms with Crippen LogP contribution in [0, 0.1) is 0 Å². The average Bonchev–Trinajstić information content (AvgIpc) is 2.03. The van der Waals surface area contributed by atoms with Crippen molar-refractivity contribution >= 4 is 17.1 Å². The van der Waals surface area contributed by atoms with Gasteiger partial charge in [-0.2, -0.15) is 0 Å². The van der Waals surface area contributed by atoms with Crippen molar-refractivity contribution in [2.75, 3.05) is 0 Å². The fraction of sp³-hybridized carbons (Fsp3) is 0.300. The molecule has 0 aliphatic carbocycles. The van der Waals surface area contributed by atoms with E-state index in [0.717, 1.165) is 17.7 Å². The van der Waals surface area contributed by atoms with Gasteiger partial charge in [0.05, 0.1) is 0 Å². The molecule has 11 heavy (non-hydrogen) atoms. The second-order valence-electron chi connectivity index (χ2n) is 2.69. The number of thiocarbonyl (C=S) groups is 1. The molecule has 0 aliphatic rings. The predicted molar refractivity (Wildman–Crippen MR) is 53.0 cm³/mol. The second kappa shape index (κ2) is 4.24. The topological polar surface area (TPSA) is 0 Å². The maximum absolute atomic E-state index is 4.99. The van der Waals surface area contributed by atoms with E-state index in [-0.39, 0.29) is 0 Å². The molecule has 0 fully saturated rings. The van der Waals surface area contributed by atoms with Crippen LogP contribution in [-0.2, 0) is 6.42 Å². The molecular formula is C10H12S. The Kier molecular flexibility index (Phi) is 3.24. The Bertz CT molecular complexity index is 226. The molecule has 0 atom stereocenters. The minimum Gasteiger partial charge on any atom is -0.0900 e. The van der Waals surface area contributed by atoms with Crippen molar-refractivity contribution in [1.82, 2.24) is 0 Å². The van der Waals surface area contributed by atoms with Crippen LogP contribution in [0.4, 0.5) is 0 Å². The van der Waals surface area contributed by atoms with E-state index in [0.29, 0.717) is 0 Å². The van der Waals surface area contributed by atoms with Crippen LogP contribution in [0.25, 0.3) is 0 Å². The summed E-state index contributed by atoms with van der Waals surface area (Å²) in [4.78, 5) is 1.09. The van der Waals surface area contributed by atoms with Gasteiger partial charge in [0.1, 0.15) is 0 Å². The molecule has 0 bridgehead atoms. The highest BCUT2D eigenvalue weighted by molar-refractivity contribution is 7.80. The molecular weight excluding hydrogens is 152 g/mol. The first-order valence-electron chi connectivity index (χ1n) is 3.82. The molecule has 1 rings (SSSR count). The average molecular weight is 164 g/mol. The van der Waals surface area contributed by atoms with Gasteiger partial charge in [-0.05, 0) is 30.2 Å². The number of aryl methyl sites for hydroxylation is 1. The van der Waals surface area contributed by atoms with Gasteiger partial charge in [0.15, 0.2) is 0 Å². The van der Waals surface area contributed by atoms with E-state index in [4.69, 9.17) is 12.2 Å². The number of rotatable bonds is 3. The summed E-state index contributed by atoms with van der Waals surface area (Å²) in [6.45, 7) is 2.00. The fourth-order valence-electron chi connectivity index (χ4n) is 0.965. The summed E-state index contributed by atoms with van der Waals surface area (Å²) >= 11 is 4.99. The molecule has 0 aromatic heterocycles. The minimum atomic E-state index is 1.03. The molecule has 58 valence electrons. The SMILES string of the molecule is CC(=S)CCc1ccccc1. The van der Waals surface area contributed by atoms with E-state index in [1.807, 2.05) is 13.0 Å². The Labute approximate surface area is 73.2 Å². The summed E-state index contributed by atoms with van der Waals surface area (Å²) < 4.78 is 0. The summed E-state index contributed by atoms with van der Waals surface area (Å²) in [6, 6.07) is 10.4. The van der Waals surface area contributed by atoms with E-state index in [2.05, 4.69) is 24.3 Å². The molecule has 0 radical (unpaired) electrons. The van der Waals surface area contributed by atoms with Crippen LogP contribution in [-0.4, -0.2) is 4.86 Å². The molecule has 1 aromatic rings. The molecule has 0 saturated heterocycles. The number of benzene rings is 1. The monoisotopic (exact) mass is 164 g/mol. The van der Waals surface area contributed by atoms with Crippen LogP contribution in [0.15, 0.2) is 30.3 Å². The Morgan fingerprint density at radius 2 is 1.91 bits per heavy atom. The molecule has 0 spiro atoms. The predicted octanol–water partition coefficient (Wildman–Crippen LogP) is 3.01. The van der Waals surface area contributed by atoms with Crippen LogP contribution in [0.3, 0.4) is 0 Å². The zero-order valence-corrected chi connectivity index (χ0v) is 7.53. The molecule has 1 aromatic carbocycles. The second-order valence-corrected chi connectivity index (χ2v) is 3.38. The van der Waals surface area contributed by atoms with E-state index in [1.165, 1.54) is 5.56 Å². The maximum Gasteiger partial charge on any atom is -0.00992 e. The van der Waals surface area contributed by atoms with Crippen molar-refractivity contribution in [1.29, 1.82) is 0 Å². The molecule has 0 saturated carbocycles. The lowest BCUT2D eigenvalue weighted by Gasteiger charge is -1.97. The van der Waals surface area contributed by atoms with E-state index < -0.39 is 0 Å². The summed E-state index contributed by atoms with van der Waals surface area (Å²) in [5.41, 5.74) is 1.37. The summed E-state index contributed by atoms with van der Waals surface area (Å²) in [5.74, 6) is 0. The van der Waals surface area contributed by atoms with E-state index >= 15 is 0 Å². The first-order chi connectivity index (χ1) is 5.29. The molecule has 1 heteroatoms. The molecule has 0 N–H and O–H groups in total. The quantitative estimate of drug-likeness (QED) is 0.619. The van der Waals surface area contributed by atoms with Crippen LogP contribution in [0.5, 0.6) is 0 Å². The van der Waals surface area contributed by atoms with Gasteiger partial charge in [-0.15, -0.1) is 0 Å². The van der Waals surface area contributed by atoms with Crippen molar-refractivity contribution < 1.29 is 0 Å². The van der Waals surface area contributed by atoms with Crippen LogP contribution in [0.2, 0.25) is 0 Å². The molecule has 0 unspecified atom stereocenters. The van der Waals surface area contributed by atoms with Crippen LogP contribution in [0.1, 0.15) is 18.9 Å². The van der Waals surface area contributed by atoms with Crippen LogP contribution < -0.4 is 0 Å². The number of hydrogen-bond acceptors (Lipinski definition) is 1. The van der Waals surface area contributed by atoms with Crippen molar-refractivity contribution in [3.8, 4) is 0 Å². The third-order valence-corrected chi connectivity index (χ3v) is 1.81. The van der Waals surface area contributed by atoms with Gasteiger partial charge >= 0.3 is 0 Å². The van der Waals surface area contributed by atoms with Gasteiger partial charge in [-0.3, -0.25) is 0 Å². The fourth-order valence-corrected chi connectivity index (χ4v) is 1.07. The molecule has 0 aliphatic heterocycles. The van der Waals surface area contributed by atoms with Crippen molar-refractivity contribution in [3.05, 3.63) is 35.9 Å². The third-order valence-electron chi connectivity index (χ3n) is 1.61. The molecule has 0 heterocycles. The van der Waals surface area contributed by atoms with Gasteiger partial charge in [0, 0.05) is 0 Å². The van der Waals surface area contributed by atoms with E-state index in [1.54, 1.807) is 0 Å². The molecule has 0 nitrogen and oxygen atoms in total. The maximum atomic E-state index is 4.99. The lowest BCUT2D eigenvalue weighted by Crippen LogP contribution is -1.90. The van der Waals surface area contributed by atoms with Gasteiger partial charge in [-0.25, -0.2) is 0 Å². The van der Waals surface area contributed by atoms with Gasteiger partial charge in [-0.1, -0.05) is 42.5 Å². The highest BCUT2D eigenvalue weighted by atomic mass is 32.1. The third kappa shape index (κ3) is 3.28. The van der Waals surface area contributed by atoms with Gasteiger partial charge < -0.3 is 0 Å². The zero-order chi connectivity index (χ0) is 8.10. The van der Waals surface area contributed by atoms with Gasteiger partial charge in [0.2, 0.25) is 0 Å². The van der Waals surface area contributed by atoms with Crippen molar-refractivity contribution in [3.63, 3.8) is 0 Å². The summed E-state index contributed by atoms with van der Waals surface area (Å²) in [7, 11) is 0. The van der Waals surface area contributed by atoms with Crippen LogP contribution >= 0.6 is 12.2 Å². The highest BCUT2D eigenvalue weighted by Gasteiger charge is 1.91. The smallest absolute Gasteiger partial charge is 0.00992 e. The Hall–Kier alpha value is -0.690. The lowest BCUT2D eigenvalue weighted by molar-refractivity contribution is 1.05. The largest absolute Gasteiger partial charge is 0.0900 e. The highest BCUT2D eigenvalue weighted by Crippen LogP contribution is 2.02. The standard InChI is InChI=1S/C10H12S/c1-9(11)7-8-10-5-3-2-4-6-10/h2-6H,7-8H2,1H3. The Morgan fingerprint density at radius 1 is 1.27 bits per heavy atom.